The number of fused-ring (bicyclic) bond motifs is 1. The van der Waals surface area contributed by atoms with Gasteiger partial charge in [0, 0.05) is 12.0 Å². The molecule has 1 aliphatic rings. The number of benzene rings is 2. The van der Waals surface area contributed by atoms with E-state index in [2.05, 4.69) is 4.98 Å². The first-order valence-corrected chi connectivity index (χ1v) is 9.27. The van der Waals surface area contributed by atoms with Crippen LogP contribution in [0.15, 0.2) is 46.9 Å². The van der Waals surface area contributed by atoms with Crippen molar-refractivity contribution in [2.75, 3.05) is 13.2 Å². The van der Waals surface area contributed by atoms with Crippen LogP contribution in [0.4, 0.5) is 0 Å². The summed E-state index contributed by atoms with van der Waals surface area (Å²) in [4.78, 5) is 16.8. The van der Waals surface area contributed by atoms with Crippen molar-refractivity contribution in [3.05, 3.63) is 64.5 Å². The Morgan fingerprint density at radius 2 is 1.96 bits per heavy atom. The van der Waals surface area contributed by atoms with Crippen molar-refractivity contribution < 1.29 is 23.4 Å². The molecule has 0 spiro atoms. The first-order valence-electron chi connectivity index (χ1n) is 8.90. The van der Waals surface area contributed by atoms with E-state index >= 15 is 0 Å². The zero-order chi connectivity index (χ0) is 19.5. The van der Waals surface area contributed by atoms with Crippen LogP contribution in [0.5, 0.6) is 11.5 Å². The average Bonchev–Trinajstić information content (AvgIpc) is 2.93. The summed E-state index contributed by atoms with van der Waals surface area (Å²) in [5.74, 6) is 1.30. The van der Waals surface area contributed by atoms with Crippen molar-refractivity contribution in [1.29, 1.82) is 0 Å². The lowest BCUT2D eigenvalue weighted by molar-refractivity contribution is 0.0464. The van der Waals surface area contributed by atoms with Crippen LogP contribution in [0, 0.1) is 6.92 Å². The minimum absolute atomic E-state index is 0.0299. The summed E-state index contributed by atoms with van der Waals surface area (Å²) in [6, 6.07) is 12.8. The fraction of sp³-hybridized carbons (Fsp3) is 0.238. The number of ether oxygens (including phenoxy) is 3. The molecule has 7 heteroatoms. The molecule has 0 amide bonds. The number of nitrogens with zero attached hydrogens (tertiary/aromatic N) is 1. The van der Waals surface area contributed by atoms with Gasteiger partial charge in [-0.3, -0.25) is 0 Å². The first-order chi connectivity index (χ1) is 13.6. The maximum Gasteiger partial charge on any atom is 0.360 e. The van der Waals surface area contributed by atoms with E-state index in [4.69, 9.17) is 30.2 Å². The van der Waals surface area contributed by atoms with Gasteiger partial charge in [-0.1, -0.05) is 29.8 Å². The molecule has 6 nitrogen and oxygen atoms in total. The topological polar surface area (TPSA) is 70.8 Å². The van der Waals surface area contributed by atoms with Crippen molar-refractivity contribution in [1.82, 2.24) is 4.98 Å². The molecule has 0 fully saturated rings. The zero-order valence-corrected chi connectivity index (χ0v) is 16.0. The third-order valence-electron chi connectivity index (χ3n) is 4.24. The Balaban J connectivity index is 1.49. The van der Waals surface area contributed by atoms with E-state index in [0.717, 1.165) is 12.0 Å². The fourth-order valence-corrected chi connectivity index (χ4v) is 3.16. The van der Waals surface area contributed by atoms with Crippen LogP contribution in [0.25, 0.3) is 11.5 Å². The Labute approximate surface area is 167 Å². The van der Waals surface area contributed by atoms with Crippen LogP contribution in [-0.4, -0.2) is 24.2 Å². The van der Waals surface area contributed by atoms with Gasteiger partial charge in [-0.05, 0) is 36.8 Å². The Hall–Kier alpha value is -2.99. The van der Waals surface area contributed by atoms with Crippen LogP contribution in [-0.2, 0) is 11.3 Å². The van der Waals surface area contributed by atoms with Gasteiger partial charge in [0.05, 0.1) is 18.2 Å². The molecule has 0 atom stereocenters. The molecule has 0 radical (unpaired) electrons. The molecule has 144 valence electrons. The number of oxazole rings is 1. The lowest BCUT2D eigenvalue weighted by Gasteiger charge is -2.11. The summed E-state index contributed by atoms with van der Waals surface area (Å²) in [6.45, 7) is 2.81. The summed E-state index contributed by atoms with van der Waals surface area (Å²) in [5, 5.41) is 0.425. The molecule has 2 heterocycles. The van der Waals surface area contributed by atoms with Crippen molar-refractivity contribution in [3.63, 3.8) is 0 Å². The van der Waals surface area contributed by atoms with Gasteiger partial charge in [0.15, 0.2) is 17.2 Å². The second-order valence-electron chi connectivity index (χ2n) is 6.32. The second-order valence-corrected chi connectivity index (χ2v) is 6.73. The van der Waals surface area contributed by atoms with Gasteiger partial charge in [-0.2, -0.15) is 0 Å². The molecule has 0 saturated carbocycles. The molecule has 1 aliphatic heterocycles. The van der Waals surface area contributed by atoms with Gasteiger partial charge in [0.25, 0.3) is 0 Å². The highest BCUT2D eigenvalue weighted by atomic mass is 35.5. The number of esters is 1. The van der Waals surface area contributed by atoms with E-state index in [-0.39, 0.29) is 12.3 Å². The van der Waals surface area contributed by atoms with Crippen molar-refractivity contribution in [2.24, 2.45) is 0 Å². The Morgan fingerprint density at radius 3 is 2.79 bits per heavy atom. The maximum atomic E-state index is 12.5. The van der Waals surface area contributed by atoms with Crippen LogP contribution < -0.4 is 9.47 Å². The average molecular weight is 400 g/mol. The number of hydrogen-bond acceptors (Lipinski definition) is 6. The summed E-state index contributed by atoms with van der Waals surface area (Å²) >= 11 is 6.28. The maximum absolute atomic E-state index is 12.5. The van der Waals surface area contributed by atoms with E-state index in [1.807, 2.05) is 30.3 Å². The number of carbonyl (C=O) groups is 1. The molecule has 2 aromatic carbocycles. The predicted octanol–water partition coefficient (Wildman–Crippen LogP) is 4.82. The number of rotatable bonds is 4. The summed E-state index contributed by atoms with van der Waals surface area (Å²) in [5.41, 5.74) is 1.64. The SMILES string of the molecule is Cc1oc(-c2ccccc2)nc1C(=O)OCc1cc(Cl)c2c(c1)OCCCO2. The third-order valence-corrected chi connectivity index (χ3v) is 4.52. The van der Waals surface area contributed by atoms with E-state index in [1.165, 1.54) is 0 Å². The normalized spacial score (nSPS) is 13.1. The van der Waals surface area contributed by atoms with E-state index in [0.29, 0.717) is 46.9 Å². The zero-order valence-electron chi connectivity index (χ0n) is 15.2. The van der Waals surface area contributed by atoms with Crippen molar-refractivity contribution in [2.45, 2.75) is 20.0 Å². The van der Waals surface area contributed by atoms with Gasteiger partial charge in [0.2, 0.25) is 5.89 Å². The van der Waals surface area contributed by atoms with Gasteiger partial charge >= 0.3 is 5.97 Å². The van der Waals surface area contributed by atoms with Gasteiger partial charge < -0.3 is 18.6 Å². The minimum Gasteiger partial charge on any atom is -0.489 e. The molecule has 0 aliphatic carbocycles. The molecular formula is C21H18ClNO5. The second kappa shape index (κ2) is 7.94. The molecule has 0 unspecified atom stereocenters. The van der Waals surface area contributed by atoms with Gasteiger partial charge in [0.1, 0.15) is 12.4 Å². The first kappa shape index (κ1) is 18.4. The number of aromatic nitrogens is 1. The smallest absolute Gasteiger partial charge is 0.360 e. The lowest BCUT2D eigenvalue weighted by atomic mass is 10.2. The summed E-state index contributed by atoms with van der Waals surface area (Å²) in [6.07, 6.45) is 0.782. The van der Waals surface area contributed by atoms with Crippen LogP contribution >= 0.6 is 11.6 Å². The monoisotopic (exact) mass is 399 g/mol. The third kappa shape index (κ3) is 3.82. The summed E-state index contributed by atoms with van der Waals surface area (Å²) in [7, 11) is 0. The highest BCUT2D eigenvalue weighted by Crippen LogP contribution is 2.38. The summed E-state index contributed by atoms with van der Waals surface area (Å²) < 4.78 is 22.3. The number of hydrogen-bond donors (Lipinski definition) is 0. The van der Waals surface area contributed by atoms with Crippen molar-refractivity contribution >= 4 is 17.6 Å². The molecule has 3 aromatic rings. The van der Waals surface area contributed by atoms with Crippen LogP contribution in [0.3, 0.4) is 0 Å². The van der Waals surface area contributed by atoms with E-state index < -0.39 is 5.97 Å². The molecule has 28 heavy (non-hydrogen) atoms. The molecular weight excluding hydrogens is 382 g/mol. The Bertz CT molecular complexity index is 1000. The highest BCUT2D eigenvalue weighted by molar-refractivity contribution is 6.32. The van der Waals surface area contributed by atoms with Gasteiger partial charge in [-0.25, -0.2) is 9.78 Å². The number of aryl methyl sites for hydroxylation is 1. The Kier molecular flexibility index (Phi) is 5.21. The minimum atomic E-state index is -0.563. The molecule has 0 N–H and O–H groups in total. The van der Waals surface area contributed by atoms with Crippen molar-refractivity contribution in [3.8, 4) is 23.0 Å². The van der Waals surface area contributed by atoms with E-state index in [1.54, 1.807) is 19.1 Å². The van der Waals surface area contributed by atoms with Crippen LogP contribution in [0.2, 0.25) is 5.02 Å². The predicted molar refractivity (Wildman–Crippen MR) is 103 cm³/mol. The standard InChI is InChI=1S/C21H18ClNO5/c1-13-18(23-20(28-13)15-6-3-2-4-7-15)21(24)27-12-14-10-16(22)19-17(11-14)25-8-5-9-26-19/h2-4,6-7,10-11H,5,8-9,12H2,1H3. The number of halogens is 1. The number of carbonyl (C=O) groups excluding carboxylic acids is 1. The molecule has 0 bridgehead atoms. The molecule has 0 saturated heterocycles. The van der Waals surface area contributed by atoms with Crippen LogP contribution in [0.1, 0.15) is 28.2 Å². The Morgan fingerprint density at radius 1 is 1.18 bits per heavy atom. The molecule has 4 rings (SSSR count). The largest absolute Gasteiger partial charge is 0.489 e. The lowest BCUT2D eigenvalue weighted by Crippen LogP contribution is -2.07. The van der Waals surface area contributed by atoms with E-state index in [9.17, 15) is 4.79 Å². The quantitative estimate of drug-likeness (QED) is 0.585. The fourth-order valence-electron chi connectivity index (χ4n) is 2.87. The van der Waals surface area contributed by atoms with Gasteiger partial charge in [-0.15, -0.1) is 0 Å². The highest BCUT2D eigenvalue weighted by Gasteiger charge is 2.21. The molecule has 1 aromatic heterocycles.